The number of fused-ring (bicyclic) bond motifs is 1. The second-order valence-electron chi connectivity index (χ2n) is 6.87. The molecule has 1 aliphatic heterocycles. The Morgan fingerprint density at radius 2 is 2.00 bits per heavy atom. The van der Waals surface area contributed by atoms with E-state index in [0.29, 0.717) is 18.0 Å². The predicted octanol–water partition coefficient (Wildman–Crippen LogP) is 2.01. The average Bonchev–Trinajstić information content (AvgIpc) is 3.15. The van der Waals surface area contributed by atoms with Gasteiger partial charge in [0.05, 0.1) is 20.1 Å². The van der Waals surface area contributed by atoms with E-state index < -0.39 is 0 Å². The Morgan fingerprint density at radius 1 is 1.15 bits per heavy atom. The first-order chi connectivity index (χ1) is 12.7. The molecule has 0 aromatic carbocycles. The molecule has 7 heteroatoms. The number of hydrogen-bond acceptors (Lipinski definition) is 5. The lowest BCUT2D eigenvalue weighted by Crippen LogP contribution is -2.48. The molecular formula is C19H27N3O4. The Balaban J connectivity index is 1.90. The van der Waals surface area contributed by atoms with Crippen LogP contribution in [0.25, 0.3) is 0 Å². The van der Waals surface area contributed by atoms with E-state index in [2.05, 4.69) is 10.3 Å². The van der Waals surface area contributed by atoms with Gasteiger partial charge in [0, 0.05) is 25.2 Å². The van der Waals surface area contributed by atoms with Crippen LogP contribution < -0.4 is 14.8 Å². The number of aromatic nitrogens is 1. The predicted molar refractivity (Wildman–Crippen MR) is 96.4 cm³/mol. The highest BCUT2D eigenvalue weighted by Gasteiger charge is 2.39. The molecule has 1 saturated carbocycles. The van der Waals surface area contributed by atoms with Crippen LogP contribution in [0.15, 0.2) is 12.1 Å². The summed E-state index contributed by atoms with van der Waals surface area (Å²) in [6, 6.07) is 3.29. The summed E-state index contributed by atoms with van der Waals surface area (Å²) in [6.45, 7) is 1.38. The molecule has 0 bridgehead atoms. The maximum Gasteiger partial charge on any atom is 0.259 e. The molecule has 1 aliphatic carbocycles. The normalized spacial score (nSPS) is 23.8. The number of carbonyl (C=O) groups is 2. The van der Waals surface area contributed by atoms with Crippen LogP contribution in [0.5, 0.6) is 11.8 Å². The van der Waals surface area contributed by atoms with Gasteiger partial charge in [0.15, 0.2) is 0 Å². The third-order valence-electron chi connectivity index (χ3n) is 5.32. The summed E-state index contributed by atoms with van der Waals surface area (Å²) >= 11 is 0. The first-order valence-corrected chi connectivity index (χ1v) is 9.33. The fourth-order valence-electron chi connectivity index (χ4n) is 3.97. The van der Waals surface area contributed by atoms with Crippen LogP contribution in [0, 0.1) is 5.92 Å². The highest BCUT2D eigenvalue weighted by Crippen LogP contribution is 2.33. The summed E-state index contributed by atoms with van der Waals surface area (Å²) in [5, 5.41) is 3.03. The summed E-state index contributed by atoms with van der Waals surface area (Å²) in [5.41, 5.74) is 0.413. The lowest BCUT2D eigenvalue weighted by molar-refractivity contribution is -0.126. The van der Waals surface area contributed by atoms with Gasteiger partial charge >= 0.3 is 0 Å². The monoisotopic (exact) mass is 361 g/mol. The van der Waals surface area contributed by atoms with Crippen molar-refractivity contribution in [2.75, 3.05) is 27.3 Å². The van der Waals surface area contributed by atoms with Crippen molar-refractivity contribution in [1.82, 2.24) is 15.2 Å². The smallest absolute Gasteiger partial charge is 0.259 e. The lowest BCUT2D eigenvalue weighted by Gasteiger charge is -2.34. The topological polar surface area (TPSA) is 80.8 Å². The van der Waals surface area contributed by atoms with Crippen molar-refractivity contribution in [2.45, 2.75) is 44.6 Å². The van der Waals surface area contributed by atoms with Crippen LogP contribution >= 0.6 is 0 Å². The fraction of sp³-hybridized carbons (Fsp3) is 0.632. The van der Waals surface area contributed by atoms with Gasteiger partial charge in [-0.1, -0.05) is 6.42 Å². The Morgan fingerprint density at radius 3 is 2.77 bits per heavy atom. The number of carbonyl (C=O) groups excluding carboxylic acids is 2. The van der Waals surface area contributed by atoms with Crippen molar-refractivity contribution < 1.29 is 19.1 Å². The van der Waals surface area contributed by atoms with Crippen LogP contribution in [0.3, 0.4) is 0 Å². The van der Waals surface area contributed by atoms with Crippen molar-refractivity contribution >= 4 is 11.8 Å². The number of ether oxygens (including phenoxy) is 2. The van der Waals surface area contributed by atoms with Crippen LogP contribution in [0.1, 0.15) is 48.9 Å². The van der Waals surface area contributed by atoms with Gasteiger partial charge in [-0.05, 0) is 38.2 Å². The Kier molecular flexibility index (Phi) is 5.96. The van der Waals surface area contributed by atoms with Gasteiger partial charge in [-0.15, -0.1) is 0 Å². The van der Waals surface area contributed by atoms with Crippen molar-refractivity contribution in [1.29, 1.82) is 0 Å². The zero-order valence-electron chi connectivity index (χ0n) is 15.5. The maximum atomic E-state index is 13.3. The van der Waals surface area contributed by atoms with E-state index in [1.807, 2.05) is 4.90 Å². The zero-order chi connectivity index (χ0) is 18.5. The molecule has 0 radical (unpaired) electrons. The third kappa shape index (κ3) is 3.76. The number of amides is 2. The van der Waals surface area contributed by atoms with Crippen LogP contribution in [-0.4, -0.2) is 55.0 Å². The minimum Gasteiger partial charge on any atom is -0.481 e. The van der Waals surface area contributed by atoms with Gasteiger partial charge in [-0.25, -0.2) is 0 Å². The lowest BCUT2D eigenvalue weighted by atomic mass is 9.98. The average molecular weight is 361 g/mol. The van der Waals surface area contributed by atoms with Crippen molar-refractivity contribution in [2.24, 2.45) is 5.92 Å². The summed E-state index contributed by atoms with van der Waals surface area (Å²) in [5.74, 6) is 0.478. The van der Waals surface area contributed by atoms with E-state index in [0.717, 1.165) is 45.1 Å². The highest BCUT2D eigenvalue weighted by molar-refractivity contribution is 5.97. The number of nitrogens with zero attached hydrogens (tertiary/aromatic N) is 2. The van der Waals surface area contributed by atoms with Crippen molar-refractivity contribution in [3.05, 3.63) is 17.7 Å². The highest BCUT2D eigenvalue weighted by atomic mass is 16.5. The number of hydrogen-bond donors (Lipinski definition) is 1. The molecule has 2 fully saturated rings. The molecule has 1 saturated heterocycles. The van der Waals surface area contributed by atoms with E-state index in [1.54, 1.807) is 12.1 Å². The van der Waals surface area contributed by atoms with Gasteiger partial charge in [-0.2, -0.15) is 4.98 Å². The second-order valence-corrected chi connectivity index (χ2v) is 6.87. The molecule has 7 nitrogen and oxygen atoms in total. The molecule has 3 rings (SSSR count). The fourth-order valence-corrected chi connectivity index (χ4v) is 3.97. The van der Waals surface area contributed by atoms with Gasteiger partial charge in [0.2, 0.25) is 17.7 Å². The van der Waals surface area contributed by atoms with E-state index in [1.165, 1.54) is 14.2 Å². The Hall–Kier alpha value is -2.31. The van der Waals surface area contributed by atoms with Crippen molar-refractivity contribution in [3.8, 4) is 11.8 Å². The zero-order valence-corrected chi connectivity index (χ0v) is 15.5. The maximum absolute atomic E-state index is 13.3. The molecule has 142 valence electrons. The number of rotatable bonds is 3. The van der Waals surface area contributed by atoms with Gasteiger partial charge in [-0.3, -0.25) is 9.59 Å². The number of methoxy groups -OCH3 is 2. The summed E-state index contributed by atoms with van der Waals surface area (Å²) in [6.07, 6.45) is 5.51. The Labute approximate surface area is 154 Å². The molecule has 2 aliphatic rings. The SMILES string of the molecule is COc1ccc(C(=O)N2CCCCCNC(=O)[C@@H]3CCC[C@@H]32)c(OC)n1. The van der Waals surface area contributed by atoms with E-state index in [4.69, 9.17) is 9.47 Å². The molecule has 1 aromatic heterocycles. The molecule has 2 amide bonds. The molecule has 0 spiro atoms. The third-order valence-corrected chi connectivity index (χ3v) is 5.32. The summed E-state index contributed by atoms with van der Waals surface area (Å²) in [7, 11) is 3.02. The first kappa shape index (κ1) is 18.5. The van der Waals surface area contributed by atoms with Crippen LogP contribution in [-0.2, 0) is 4.79 Å². The van der Waals surface area contributed by atoms with Gasteiger partial charge < -0.3 is 19.7 Å². The van der Waals surface area contributed by atoms with E-state index >= 15 is 0 Å². The van der Waals surface area contributed by atoms with E-state index in [9.17, 15) is 9.59 Å². The van der Waals surface area contributed by atoms with Gasteiger partial charge in [0.25, 0.3) is 5.91 Å². The number of nitrogens with one attached hydrogen (secondary N) is 1. The Bertz CT molecular complexity index is 664. The van der Waals surface area contributed by atoms with E-state index in [-0.39, 0.29) is 29.7 Å². The molecule has 2 atom stereocenters. The second kappa shape index (κ2) is 8.38. The largest absolute Gasteiger partial charge is 0.481 e. The van der Waals surface area contributed by atoms with Gasteiger partial charge in [0.1, 0.15) is 5.56 Å². The van der Waals surface area contributed by atoms with Crippen LogP contribution in [0.2, 0.25) is 0 Å². The standard InChI is InChI=1S/C19H27N3O4/c1-25-16-10-9-14(18(21-16)26-2)19(24)22-12-5-3-4-11-20-17(23)13-7-6-8-15(13)22/h9-10,13,15H,3-8,11-12H2,1-2H3,(H,20,23)/t13-,15+/m1/s1. The minimum absolute atomic E-state index is 0.0626. The van der Waals surface area contributed by atoms with Crippen LogP contribution in [0.4, 0.5) is 0 Å². The molecule has 1 N–H and O–H groups in total. The first-order valence-electron chi connectivity index (χ1n) is 9.33. The van der Waals surface area contributed by atoms with Crippen molar-refractivity contribution in [3.63, 3.8) is 0 Å². The minimum atomic E-state index is -0.130. The molecular weight excluding hydrogens is 334 g/mol. The molecule has 26 heavy (non-hydrogen) atoms. The summed E-state index contributed by atoms with van der Waals surface area (Å²) < 4.78 is 10.4. The molecule has 2 heterocycles. The quantitative estimate of drug-likeness (QED) is 0.891. The molecule has 0 unspecified atom stereocenters. The number of pyridine rings is 1. The summed E-state index contributed by atoms with van der Waals surface area (Å²) in [4.78, 5) is 31.9. The molecule has 1 aromatic rings.